The quantitative estimate of drug-likeness (QED) is 0.666. The molecule has 0 spiro atoms. The maximum absolute atomic E-state index is 13.5. The third-order valence-corrected chi connectivity index (χ3v) is 3.19. The first-order chi connectivity index (χ1) is 9.15. The van der Waals surface area contributed by atoms with Gasteiger partial charge in [0, 0.05) is 16.6 Å². The van der Waals surface area contributed by atoms with Gasteiger partial charge in [0.25, 0.3) is 0 Å². The maximum atomic E-state index is 13.5. The molecule has 0 bridgehead atoms. The molecular formula is C16H13FN2. The number of nitrogens with zero attached hydrogens (tertiary/aromatic N) is 1. The Morgan fingerprint density at radius 1 is 1.05 bits per heavy atom. The molecule has 0 atom stereocenters. The average molecular weight is 252 g/mol. The van der Waals surface area contributed by atoms with Gasteiger partial charge in [0.1, 0.15) is 5.82 Å². The summed E-state index contributed by atoms with van der Waals surface area (Å²) in [5, 5.41) is 1.02. The van der Waals surface area contributed by atoms with E-state index in [1.807, 2.05) is 43.3 Å². The summed E-state index contributed by atoms with van der Waals surface area (Å²) < 4.78 is 13.5. The van der Waals surface area contributed by atoms with Crippen LogP contribution < -0.4 is 5.73 Å². The summed E-state index contributed by atoms with van der Waals surface area (Å²) in [4.78, 5) is 4.45. The van der Waals surface area contributed by atoms with Gasteiger partial charge in [0.2, 0.25) is 0 Å². The molecule has 19 heavy (non-hydrogen) atoms. The number of pyridine rings is 1. The van der Waals surface area contributed by atoms with Gasteiger partial charge in [0.15, 0.2) is 0 Å². The van der Waals surface area contributed by atoms with Gasteiger partial charge < -0.3 is 5.73 Å². The van der Waals surface area contributed by atoms with Crippen LogP contribution in [0, 0.1) is 12.7 Å². The monoisotopic (exact) mass is 252 g/mol. The first-order valence-electron chi connectivity index (χ1n) is 6.07. The van der Waals surface area contributed by atoms with Gasteiger partial charge in [-0.3, -0.25) is 4.98 Å². The van der Waals surface area contributed by atoms with E-state index in [0.717, 1.165) is 22.2 Å². The molecule has 1 aromatic heterocycles. The van der Waals surface area contributed by atoms with E-state index >= 15 is 0 Å². The van der Waals surface area contributed by atoms with Crippen LogP contribution in [0.25, 0.3) is 22.0 Å². The number of para-hydroxylation sites is 1. The summed E-state index contributed by atoms with van der Waals surface area (Å²) in [7, 11) is 0. The molecular weight excluding hydrogens is 239 g/mol. The molecule has 0 saturated carbocycles. The van der Waals surface area contributed by atoms with Crippen LogP contribution in [0.3, 0.4) is 0 Å². The predicted octanol–water partition coefficient (Wildman–Crippen LogP) is 3.93. The number of anilines is 1. The standard InChI is InChI=1S/C16H13FN2/c1-10-5-6-12-9-11(7-8-15(12)19-10)13-3-2-4-14(17)16(13)18/h2-9H,18H2,1H3. The van der Waals surface area contributed by atoms with Crippen LogP contribution in [0.2, 0.25) is 0 Å². The van der Waals surface area contributed by atoms with Gasteiger partial charge in [-0.05, 0) is 36.8 Å². The van der Waals surface area contributed by atoms with Crippen molar-refractivity contribution in [1.29, 1.82) is 0 Å². The van der Waals surface area contributed by atoms with Crippen LogP contribution in [-0.4, -0.2) is 4.98 Å². The minimum absolute atomic E-state index is 0.182. The normalized spacial score (nSPS) is 10.8. The SMILES string of the molecule is Cc1ccc2cc(-c3cccc(F)c3N)ccc2n1. The van der Waals surface area contributed by atoms with Crippen molar-refractivity contribution < 1.29 is 4.39 Å². The van der Waals surface area contributed by atoms with Gasteiger partial charge in [-0.2, -0.15) is 0 Å². The fourth-order valence-electron chi connectivity index (χ4n) is 2.18. The zero-order valence-corrected chi connectivity index (χ0v) is 10.5. The first-order valence-corrected chi connectivity index (χ1v) is 6.07. The molecule has 0 aliphatic heterocycles. The fourth-order valence-corrected chi connectivity index (χ4v) is 2.18. The molecule has 2 nitrogen and oxygen atoms in total. The first kappa shape index (κ1) is 11.7. The molecule has 0 amide bonds. The van der Waals surface area contributed by atoms with Gasteiger partial charge in [-0.25, -0.2) is 4.39 Å². The molecule has 94 valence electrons. The number of rotatable bonds is 1. The number of benzene rings is 2. The summed E-state index contributed by atoms with van der Waals surface area (Å²) >= 11 is 0. The van der Waals surface area contributed by atoms with E-state index in [9.17, 15) is 4.39 Å². The molecule has 0 fully saturated rings. The van der Waals surface area contributed by atoms with Crippen molar-refractivity contribution >= 4 is 16.6 Å². The molecule has 3 rings (SSSR count). The molecule has 0 aliphatic carbocycles. The van der Waals surface area contributed by atoms with Crippen molar-refractivity contribution in [2.45, 2.75) is 6.92 Å². The lowest BCUT2D eigenvalue weighted by atomic mass is 10.0. The number of nitrogen functional groups attached to an aromatic ring is 1. The summed E-state index contributed by atoms with van der Waals surface area (Å²) in [6.07, 6.45) is 0. The van der Waals surface area contributed by atoms with Crippen molar-refractivity contribution in [2.75, 3.05) is 5.73 Å². The van der Waals surface area contributed by atoms with Crippen LogP contribution >= 0.6 is 0 Å². The summed E-state index contributed by atoms with van der Waals surface area (Å²) in [5.74, 6) is -0.389. The van der Waals surface area contributed by atoms with Gasteiger partial charge >= 0.3 is 0 Å². The molecule has 3 heteroatoms. The number of nitrogens with two attached hydrogens (primary N) is 1. The van der Waals surface area contributed by atoms with E-state index in [4.69, 9.17) is 5.73 Å². The number of fused-ring (bicyclic) bond motifs is 1. The molecule has 0 radical (unpaired) electrons. The van der Waals surface area contributed by atoms with Crippen molar-refractivity contribution in [3.05, 3.63) is 60.0 Å². The zero-order chi connectivity index (χ0) is 13.4. The van der Waals surface area contributed by atoms with Crippen molar-refractivity contribution in [3.8, 4) is 11.1 Å². The van der Waals surface area contributed by atoms with Gasteiger partial charge in [-0.15, -0.1) is 0 Å². The minimum Gasteiger partial charge on any atom is -0.396 e. The lowest BCUT2D eigenvalue weighted by Gasteiger charge is -2.08. The fraction of sp³-hybridized carbons (Fsp3) is 0.0625. The Morgan fingerprint density at radius 3 is 2.74 bits per heavy atom. The number of hydrogen-bond donors (Lipinski definition) is 1. The highest BCUT2D eigenvalue weighted by Gasteiger charge is 2.07. The van der Waals surface area contributed by atoms with E-state index in [2.05, 4.69) is 4.98 Å². The van der Waals surface area contributed by atoms with E-state index in [1.54, 1.807) is 6.07 Å². The highest BCUT2D eigenvalue weighted by atomic mass is 19.1. The number of hydrogen-bond acceptors (Lipinski definition) is 2. The molecule has 2 N–H and O–H groups in total. The van der Waals surface area contributed by atoms with E-state index in [0.29, 0.717) is 5.56 Å². The number of halogens is 1. The molecule has 3 aromatic rings. The Hall–Kier alpha value is -2.42. The predicted molar refractivity (Wildman–Crippen MR) is 76.3 cm³/mol. The van der Waals surface area contributed by atoms with E-state index in [-0.39, 0.29) is 11.5 Å². The molecule has 0 unspecified atom stereocenters. The Balaban J connectivity index is 2.20. The Bertz CT molecular complexity index is 766. The Labute approximate surface area is 110 Å². The van der Waals surface area contributed by atoms with Crippen LogP contribution in [-0.2, 0) is 0 Å². The molecule has 2 aromatic carbocycles. The summed E-state index contributed by atoms with van der Waals surface area (Å²) in [6.45, 7) is 1.96. The third kappa shape index (κ3) is 2.03. The average Bonchev–Trinajstić information content (AvgIpc) is 2.41. The van der Waals surface area contributed by atoms with Gasteiger partial charge in [-0.1, -0.05) is 24.3 Å². The van der Waals surface area contributed by atoms with Crippen LogP contribution in [0.5, 0.6) is 0 Å². The summed E-state index contributed by atoms with van der Waals surface area (Å²) in [5.41, 5.74) is 9.49. The number of aryl methyl sites for hydroxylation is 1. The second-order valence-corrected chi connectivity index (χ2v) is 4.56. The van der Waals surface area contributed by atoms with Gasteiger partial charge in [0.05, 0.1) is 11.2 Å². The van der Waals surface area contributed by atoms with Crippen LogP contribution in [0.4, 0.5) is 10.1 Å². The Morgan fingerprint density at radius 2 is 1.89 bits per heavy atom. The largest absolute Gasteiger partial charge is 0.396 e. The second-order valence-electron chi connectivity index (χ2n) is 4.56. The topological polar surface area (TPSA) is 38.9 Å². The van der Waals surface area contributed by atoms with Crippen molar-refractivity contribution in [1.82, 2.24) is 4.98 Å². The highest BCUT2D eigenvalue weighted by molar-refractivity contribution is 5.87. The highest BCUT2D eigenvalue weighted by Crippen LogP contribution is 2.29. The molecule has 0 saturated heterocycles. The maximum Gasteiger partial charge on any atom is 0.146 e. The molecule has 0 aliphatic rings. The third-order valence-electron chi connectivity index (χ3n) is 3.19. The van der Waals surface area contributed by atoms with E-state index in [1.165, 1.54) is 6.07 Å². The Kier molecular flexibility index (Phi) is 2.67. The van der Waals surface area contributed by atoms with Crippen molar-refractivity contribution in [3.63, 3.8) is 0 Å². The lowest BCUT2D eigenvalue weighted by molar-refractivity contribution is 0.633. The lowest BCUT2D eigenvalue weighted by Crippen LogP contribution is -1.94. The minimum atomic E-state index is -0.389. The number of aromatic nitrogens is 1. The second kappa shape index (κ2) is 4.35. The van der Waals surface area contributed by atoms with E-state index < -0.39 is 0 Å². The van der Waals surface area contributed by atoms with Crippen molar-refractivity contribution in [2.24, 2.45) is 0 Å². The smallest absolute Gasteiger partial charge is 0.146 e. The molecule has 1 heterocycles. The van der Waals surface area contributed by atoms with Crippen LogP contribution in [0.15, 0.2) is 48.5 Å². The zero-order valence-electron chi connectivity index (χ0n) is 10.5. The summed E-state index contributed by atoms with van der Waals surface area (Å²) in [6, 6.07) is 14.6. The van der Waals surface area contributed by atoms with Crippen LogP contribution in [0.1, 0.15) is 5.69 Å².